The molecular formula is C18H20BrClN2O2. The number of hydrogen-bond donors (Lipinski definition) is 1. The highest BCUT2D eigenvalue weighted by atomic mass is 79.9. The fraction of sp³-hybridized carbons (Fsp3) is 0.278. The van der Waals surface area contributed by atoms with E-state index in [1.807, 2.05) is 48.2 Å². The zero-order chi connectivity index (χ0) is 16.4. The zero-order valence-corrected chi connectivity index (χ0v) is 15.8. The number of aryl methyl sites for hydroxylation is 1. The van der Waals surface area contributed by atoms with E-state index in [1.165, 1.54) is 0 Å². The van der Waals surface area contributed by atoms with Crippen LogP contribution in [0.1, 0.15) is 27.6 Å². The van der Waals surface area contributed by atoms with Gasteiger partial charge >= 0.3 is 0 Å². The quantitative estimate of drug-likeness (QED) is 0.761. The average molecular weight is 412 g/mol. The van der Waals surface area contributed by atoms with Crippen molar-refractivity contribution in [1.29, 1.82) is 0 Å². The molecule has 0 aliphatic carbocycles. The van der Waals surface area contributed by atoms with Crippen molar-refractivity contribution >= 4 is 39.9 Å². The Morgan fingerprint density at radius 2 is 2.08 bits per heavy atom. The summed E-state index contributed by atoms with van der Waals surface area (Å²) >= 11 is 3.48. The Labute approximate surface area is 156 Å². The van der Waals surface area contributed by atoms with Crippen molar-refractivity contribution in [2.45, 2.75) is 13.0 Å². The first-order chi connectivity index (χ1) is 11.0. The van der Waals surface area contributed by atoms with Gasteiger partial charge in [-0.15, -0.1) is 12.4 Å². The number of halogens is 2. The Morgan fingerprint density at radius 3 is 2.83 bits per heavy atom. The third-order valence-corrected chi connectivity index (χ3v) is 4.56. The molecule has 6 heteroatoms. The Kier molecular flexibility index (Phi) is 6.27. The van der Waals surface area contributed by atoms with Crippen molar-refractivity contribution in [2.75, 3.05) is 25.4 Å². The molecule has 1 aliphatic rings. The molecule has 2 aromatic carbocycles. The molecule has 1 heterocycles. The van der Waals surface area contributed by atoms with Gasteiger partial charge in [0.1, 0.15) is 6.10 Å². The first kappa shape index (κ1) is 18.8. The van der Waals surface area contributed by atoms with Gasteiger partial charge in [-0.25, -0.2) is 0 Å². The van der Waals surface area contributed by atoms with Crippen LogP contribution in [-0.2, 0) is 4.74 Å². The minimum atomic E-state index is -0.105. The monoisotopic (exact) mass is 410 g/mol. The number of hydrogen-bond acceptors (Lipinski definition) is 3. The molecule has 1 amide bonds. The lowest BCUT2D eigenvalue weighted by molar-refractivity contribution is -0.0228. The Balaban J connectivity index is 0.00000208. The number of nitrogens with zero attached hydrogens (tertiary/aromatic N) is 1. The lowest BCUT2D eigenvalue weighted by Gasteiger charge is -2.33. The second kappa shape index (κ2) is 8.01. The summed E-state index contributed by atoms with van der Waals surface area (Å²) in [6.07, 6.45) is -0.105. The summed E-state index contributed by atoms with van der Waals surface area (Å²) in [5.74, 6) is 0.0121. The number of rotatable bonds is 2. The molecule has 128 valence electrons. The fourth-order valence-corrected chi connectivity index (χ4v) is 3.20. The number of carbonyl (C=O) groups excluding carboxylic acids is 1. The number of ether oxygens (including phenoxy) is 1. The van der Waals surface area contributed by atoms with Gasteiger partial charge in [0, 0.05) is 22.3 Å². The van der Waals surface area contributed by atoms with Crippen molar-refractivity contribution in [1.82, 2.24) is 4.90 Å². The van der Waals surface area contributed by atoms with Gasteiger partial charge in [-0.1, -0.05) is 34.1 Å². The summed E-state index contributed by atoms with van der Waals surface area (Å²) < 4.78 is 6.86. The van der Waals surface area contributed by atoms with Crippen LogP contribution >= 0.6 is 28.3 Å². The van der Waals surface area contributed by atoms with E-state index in [-0.39, 0.29) is 24.4 Å². The number of benzene rings is 2. The number of amides is 1. The summed E-state index contributed by atoms with van der Waals surface area (Å²) in [4.78, 5) is 14.7. The van der Waals surface area contributed by atoms with Crippen LogP contribution in [0.5, 0.6) is 0 Å². The van der Waals surface area contributed by atoms with Gasteiger partial charge in [0.25, 0.3) is 5.91 Å². The molecule has 4 nitrogen and oxygen atoms in total. The van der Waals surface area contributed by atoms with Gasteiger partial charge in [0.15, 0.2) is 0 Å². The SMILES string of the molecule is Cc1ccc(N)cc1C(=O)N1CCOC(c2cccc(Br)c2)C1.Cl. The number of nitrogen functional groups attached to an aromatic ring is 1. The van der Waals surface area contributed by atoms with Crippen LogP contribution in [0.4, 0.5) is 5.69 Å². The molecule has 1 atom stereocenters. The molecule has 1 unspecified atom stereocenters. The molecule has 0 aromatic heterocycles. The topological polar surface area (TPSA) is 55.6 Å². The Morgan fingerprint density at radius 1 is 1.29 bits per heavy atom. The second-order valence-corrected chi connectivity index (χ2v) is 6.66. The van der Waals surface area contributed by atoms with E-state index in [1.54, 1.807) is 6.07 Å². The van der Waals surface area contributed by atoms with E-state index < -0.39 is 0 Å². The standard InChI is InChI=1S/C18H19BrN2O2.ClH/c1-12-5-6-15(20)10-16(12)18(22)21-7-8-23-17(11-21)13-3-2-4-14(19)9-13;/h2-6,9-10,17H,7-8,11,20H2,1H3;1H. The lowest BCUT2D eigenvalue weighted by Crippen LogP contribution is -2.42. The zero-order valence-electron chi connectivity index (χ0n) is 13.4. The molecule has 0 spiro atoms. The number of nitrogens with two attached hydrogens (primary N) is 1. The molecule has 0 radical (unpaired) electrons. The van der Waals surface area contributed by atoms with Gasteiger partial charge in [-0.05, 0) is 42.3 Å². The third kappa shape index (κ3) is 4.09. The summed E-state index contributed by atoms with van der Waals surface area (Å²) in [7, 11) is 0. The van der Waals surface area contributed by atoms with E-state index >= 15 is 0 Å². The first-order valence-electron chi connectivity index (χ1n) is 7.57. The van der Waals surface area contributed by atoms with Crippen LogP contribution in [0.2, 0.25) is 0 Å². The molecule has 2 N–H and O–H groups in total. The molecule has 1 aliphatic heterocycles. The van der Waals surface area contributed by atoms with E-state index in [0.29, 0.717) is 30.9 Å². The highest BCUT2D eigenvalue weighted by Gasteiger charge is 2.27. The van der Waals surface area contributed by atoms with Crippen molar-refractivity contribution in [3.8, 4) is 0 Å². The van der Waals surface area contributed by atoms with E-state index in [2.05, 4.69) is 15.9 Å². The Bertz CT molecular complexity index is 739. The van der Waals surface area contributed by atoms with Gasteiger partial charge in [0.05, 0.1) is 13.2 Å². The van der Waals surface area contributed by atoms with Crippen LogP contribution in [0.25, 0.3) is 0 Å². The molecule has 0 bridgehead atoms. The predicted molar refractivity (Wildman–Crippen MR) is 102 cm³/mol. The van der Waals surface area contributed by atoms with Crippen LogP contribution in [0, 0.1) is 6.92 Å². The highest BCUT2D eigenvalue weighted by molar-refractivity contribution is 9.10. The van der Waals surface area contributed by atoms with Gasteiger partial charge in [-0.3, -0.25) is 4.79 Å². The van der Waals surface area contributed by atoms with Gasteiger partial charge in [-0.2, -0.15) is 0 Å². The van der Waals surface area contributed by atoms with Crippen molar-refractivity contribution in [2.24, 2.45) is 0 Å². The highest BCUT2D eigenvalue weighted by Crippen LogP contribution is 2.26. The third-order valence-electron chi connectivity index (χ3n) is 4.07. The summed E-state index contributed by atoms with van der Waals surface area (Å²) in [6.45, 7) is 3.60. The van der Waals surface area contributed by atoms with Crippen LogP contribution in [-0.4, -0.2) is 30.5 Å². The molecule has 1 saturated heterocycles. The maximum Gasteiger partial charge on any atom is 0.254 e. The van der Waals surface area contributed by atoms with Crippen molar-refractivity contribution in [3.63, 3.8) is 0 Å². The van der Waals surface area contributed by atoms with Crippen molar-refractivity contribution in [3.05, 3.63) is 63.6 Å². The molecular weight excluding hydrogens is 392 g/mol. The normalized spacial score (nSPS) is 17.2. The van der Waals surface area contributed by atoms with Crippen molar-refractivity contribution < 1.29 is 9.53 Å². The number of morpholine rings is 1. The van der Waals surface area contributed by atoms with Crippen LogP contribution < -0.4 is 5.73 Å². The number of anilines is 1. The van der Waals surface area contributed by atoms with E-state index in [0.717, 1.165) is 15.6 Å². The molecule has 3 rings (SSSR count). The Hall–Kier alpha value is -1.56. The largest absolute Gasteiger partial charge is 0.399 e. The molecule has 0 saturated carbocycles. The molecule has 24 heavy (non-hydrogen) atoms. The molecule has 2 aromatic rings. The average Bonchev–Trinajstić information content (AvgIpc) is 2.56. The summed E-state index contributed by atoms with van der Waals surface area (Å²) in [6, 6.07) is 13.5. The van der Waals surface area contributed by atoms with Crippen LogP contribution in [0.15, 0.2) is 46.9 Å². The minimum Gasteiger partial charge on any atom is -0.399 e. The van der Waals surface area contributed by atoms with Gasteiger partial charge < -0.3 is 15.4 Å². The smallest absolute Gasteiger partial charge is 0.254 e. The summed E-state index contributed by atoms with van der Waals surface area (Å²) in [5.41, 5.74) is 9.11. The molecule has 1 fully saturated rings. The lowest BCUT2D eigenvalue weighted by atomic mass is 10.0. The van der Waals surface area contributed by atoms with Crippen LogP contribution in [0.3, 0.4) is 0 Å². The van der Waals surface area contributed by atoms with E-state index in [9.17, 15) is 4.79 Å². The minimum absolute atomic E-state index is 0. The fourth-order valence-electron chi connectivity index (χ4n) is 2.78. The first-order valence-corrected chi connectivity index (χ1v) is 8.36. The predicted octanol–water partition coefficient (Wildman–Crippen LogP) is 3.98. The maximum absolute atomic E-state index is 12.8. The second-order valence-electron chi connectivity index (χ2n) is 5.74. The summed E-state index contributed by atoms with van der Waals surface area (Å²) in [5, 5.41) is 0. The maximum atomic E-state index is 12.8. The van der Waals surface area contributed by atoms with Gasteiger partial charge in [0.2, 0.25) is 0 Å². The van der Waals surface area contributed by atoms with E-state index in [4.69, 9.17) is 10.5 Å². The number of carbonyl (C=O) groups is 1.